The van der Waals surface area contributed by atoms with Gasteiger partial charge in [-0.2, -0.15) is 0 Å². The van der Waals surface area contributed by atoms with Gasteiger partial charge in [-0.25, -0.2) is 4.79 Å². The van der Waals surface area contributed by atoms with Crippen molar-refractivity contribution in [1.82, 2.24) is 10.6 Å². The van der Waals surface area contributed by atoms with E-state index < -0.39 is 36.0 Å². The third kappa shape index (κ3) is 4.99. The zero-order valence-corrected chi connectivity index (χ0v) is 15.5. The topological polar surface area (TPSA) is 123 Å². The van der Waals surface area contributed by atoms with Gasteiger partial charge in [-0.3, -0.25) is 19.7 Å². The molecule has 4 amide bonds. The Kier molecular flexibility index (Phi) is 6.13. The van der Waals surface area contributed by atoms with Crippen LogP contribution in [0.2, 0.25) is 0 Å². The SMILES string of the molecule is CC(OC(=O)CC1Oc2ccccc2NC1=O)C(=O)NC(=O)NC1CCCC1. The fourth-order valence-electron chi connectivity index (χ4n) is 3.18. The molecule has 3 rings (SSSR count). The second-order valence-corrected chi connectivity index (χ2v) is 6.87. The average molecular weight is 389 g/mol. The first-order valence-electron chi connectivity index (χ1n) is 9.30. The van der Waals surface area contributed by atoms with Gasteiger partial charge in [-0.1, -0.05) is 25.0 Å². The molecule has 3 N–H and O–H groups in total. The molecule has 9 heteroatoms. The maximum atomic E-state index is 12.1. The number of fused-ring (bicyclic) bond motifs is 1. The smallest absolute Gasteiger partial charge is 0.321 e. The van der Waals surface area contributed by atoms with Gasteiger partial charge in [0.15, 0.2) is 12.2 Å². The lowest BCUT2D eigenvalue weighted by Crippen LogP contribution is -2.47. The highest BCUT2D eigenvalue weighted by Crippen LogP contribution is 2.29. The van der Waals surface area contributed by atoms with Crippen molar-refractivity contribution in [3.63, 3.8) is 0 Å². The Balaban J connectivity index is 1.45. The molecule has 1 aliphatic heterocycles. The first-order chi connectivity index (χ1) is 13.4. The number of imide groups is 1. The number of para-hydroxylation sites is 2. The summed E-state index contributed by atoms with van der Waals surface area (Å²) in [6, 6.07) is 6.31. The van der Waals surface area contributed by atoms with E-state index in [4.69, 9.17) is 9.47 Å². The minimum atomic E-state index is -1.18. The van der Waals surface area contributed by atoms with Crippen LogP contribution in [-0.4, -0.2) is 42.1 Å². The van der Waals surface area contributed by atoms with Gasteiger partial charge in [0.2, 0.25) is 0 Å². The summed E-state index contributed by atoms with van der Waals surface area (Å²) < 4.78 is 10.5. The molecule has 1 aliphatic carbocycles. The van der Waals surface area contributed by atoms with Crippen LogP contribution in [0.4, 0.5) is 10.5 Å². The lowest BCUT2D eigenvalue weighted by atomic mass is 10.1. The maximum absolute atomic E-state index is 12.1. The number of amides is 4. The van der Waals surface area contributed by atoms with Crippen LogP contribution in [0.1, 0.15) is 39.0 Å². The summed E-state index contributed by atoms with van der Waals surface area (Å²) in [6.45, 7) is 1.35. The molecule has 1 heterocycles. The van der Waals surface area contributed by atoms with Crippen LogP contribution in [0.3, 0.4) is 0 Å². The monoisotopic (exact) mass is 389 g/mol. The van der Waals surface area contributed by atoms with Crippen molar-refractivity contribution in [2.45, 2.75) is 57.3 Å². The average Bonchev–Trinajstić information content (AvgIpc) is 3.15. The number of nitrogens with one attached hydrogen (secondary N) is 3. The molecule has 0 saturated heterocycles. The van der Waals surface area contributed by atoms with Gasteiger partial charge in [-0.05, 0) is 31.9 Å². The number of rotatable bonds is 5. The molecule has 2 aliphatic rings. The van der Waals surface area contributed by atoms with Gasteiger partial charge < -0.3 is 20.1 Å². The second kappa shape index (κ2) is 8.73. The van der Waals surface area contributed by atoms with Crippen molar-refractivity contribution in [1.29, 1.82) is 0 Å². The van der Waals surface area contributed by atoms with E-state index in [-0.39, 0.29) is 12.5 Å². The normalized spacial score (nSPS) is 19.6. The van der Waals surface area contributed by atoms with Crippen molar-refractivity contribution in [3.8, 4) is 5.75 Å². The molecule has 0 aromatic heterocycles. The molecule has 1 aromatic rings. The number of anilines is 1. The Bertz CT molecular complexity index is 775. The molecule has 9 nitrogen and oxygen atoms in total. The summed E-state index contributed by atoms with van der Waals surface area (Å²) in [6.07, 6.45) is 1.29. The zero-order valence-electron chi connectivity index (χ0n) is 15.5. The van der Waals surface area contributed by atoms with Crippen molar-refractivity contribution in [2.24, 2.45) is 0 Å². The molecule has 0 radical (unpaired) electrons. The Labute approximate surface area is 162 Å². The van der Waals surface area contributed by atoms with E-state index in [0.29, 0.717) is 11.4 Å². The Morgan fingerprint density at radius 3 is 2.71 bits per heavy atom. The fraction of sp³-hybridized carbons (Fsp3) is 0.474. The number of carbonyl (C=O) groups excluding carboxylic acids is 4. The molecule has 0 spiro atoms. The summed E-state index contributed by atoms with van der Waals surface area (Å²) in [5, 5.41) is 7.52. The third-order valence-corrected chi connectivity index (χ3v) is 4.66. The molecule has 150 valence electrons. The number of hydrogen-bond acceptors (Lipinski definition) is 6. The van der Waals surface area contributed by atoms with Crippen molar-refractivity contribution < 1.29 is 28.7 Å². The van der Waals surface area contributed by atoms with Crippen LogP contribution in [0, 0.1) is 0 Å². The molecule has 2 atom stereocenters. The third-order valence-electron chi connectivity index (χ3n) is 4.66. The first kappa shape index (κ1) is 19.7. The van der Waals surface area contributed by atoms with Crippen molar-refractivity contribution in [3.05, 3.63) is 24.3 Å². The van der Waals surface area contributed by atoms with Gasteiger partial charge >= 0.3 is 12.0 Å². The van der Waals surface area contributed by atoms with Crippen LogP contribution >= 0.6 is 0 Å². The molecular weight excluding hydrogens is 366 g/mol. The predicted molar refractivity (Wildman–Crippen MR) is 98.6 cm³/mol. The Hall–Kier alpha value is -3.10. The fourth-order valence-corrected chi connectivity index (χ4v) is 3.18. The van der Waals surface area contributed by atoms with Gasteiger partial charge in [-0.15, -0.1) is 0 Å². The predicted octanol–water partition coefficient (Wildman–Crippen LogP) is 1.48. The minimum absolute atomic E-state index is 0.0653. The van der Waals surface area contributed by atoms with E-state index in [1.807, 2.05) is 0 Å². The van der Waals surface area contributed by atoms with Gasteiger partial charge in [0.1, 0.15) is 5.75 Å². The van der Waals surface area contributed by atoms with Crippen LogP contribution in [0.5, 0.6) is 5.75 Å². The Morgan fingerprint density at radius 1 is 1.25 bits per heavy atom. The number of ether oxygens (including phenoxy) is 2. The zero-order chi connectivity index (χ0) is 20.1. The number of esters is 1. The number of hydrogen-bond donors (Lipinski definition) is 3. The van der Waals surface area contributed by atoms with Crippen LogP contribution in [0.15, 0.2) is 24.3 Å². The van der Waals surface area contributed by atoms with Gasteiger partial charge in [0, 0.05) is 6.04 Å². The number of benzene rings is 1. The summed E-state index contributed by atoms with van der Waals surface area (Å²) >= 11 is 0. The number of carbonyl (C=O) groups is 4. The quantitative estimate of drug-likeness (QED) is 0.656. The largest absolute Gasteiger partial charge is 0.478 e. The van der Waals surface area contributed by atoms with Crippen LogP contribution < -0.4 is 20.7 Å². The van der Waals surface area contributed by atoms with Gasteiger partial charge in [0.05, 0.1) is 12.1 Å². The number of urea groups is 1. The Morgan fingerprint density at radius 2 is 1.96 bits per heavy atom. The molecule has 1 aromatic carbocycles. The highest BCUT2D eigenvalue weighted by Gasteiger charge is 2.31. The summed E-state index contributed by atoms with van der Waals surface area (Å²) in [5.41, 5.74) is 0.526. The highest BCUT2D eigenvalue weighted by atomic mass is 16.6. The summed E-state index contributed by atoms with van der Waals surface area (Å²) in [5.74, 6) is -1.53. The van der Waals surface area contributed by atoms with E-state index in [9.17, 15) is 19.2 Å². The van der Waals surface area contributed by atoms with Crippen molar-refractivity contribution in [2.75, 3.05) is 5.32 Å². The van der Waals surface area contributed by atoms with E-state index in [0.717, 1.165) is 25.7 Å². The molecule has 0 bridgehead atoms. The lowest BCUT2D eigenvalue weighted by molar-refractivity contribution is -0.157. The van der Waals surface area contributed by atoms with Crippen LogP contribution in [0.25, 0.3) is 0 Å². The van der Waals surface area contributed by atoms with Gasteiger partial charge in [0.25, 0.3) is 11.8 Å². The van der Waals surface area contributed by atoms with E-state index in [2.05, 4.69) is 16.0 Å². The molecule has 2 unspecified atom stereocenters. The summed E-state index contributed by atoms with van der Waals surface area (Å²) in [7, 11) is 0. The van der Waals surface area contributed by atoms with Crippen molar-refractivity contribution >= 4 is 29.5 Å². The van der Waals surface area contributed by atoms with E-state index in [1.54, 1.807) is 24.3 Å². The maximum Gasteiger partial charge on any atom is 0.321 e. The molecule has 1 saturated carbocycles. The van der Waals surface area contributed by atoms with Crippen LogP contribution in [-0.2, 0) is 19.1 Å². The lowest BCUT2D eigenvalue weighted by Gasteiger charge is -2.25. The van der Waals surface area contributed by atoms with E-state index in [1.165, 1.54) is 6.92 Å². The molecular formula is C19H23N3O6. The highest BCUT2D eigenvalue weighted by molar-refractivity contribution is 6.00. The minimum Gasteiger partial charge on any atom is -0.478 e. The summed E-state index contributed by atoms with van der Waals surface area (Å²) in [4.78, 5) is 48.0. The standard InChI is InChI=1S/C19H23N3O6/c1-11(17(24)22-19(26)20-12-6-2-3-7-12)27-16(23)10-15-18(25)21-13-8-4-5-9-14(13)28-15/h4-5,8-9,11-12,15H,2-3,6-7,10H2,1H3,(H,21,25)(H2,20,22,24,26). The second-order valence-electron chi connectivity index (χ2n) is 6.87. The molecule has 1 fully saturated rings. The first-order valence-corrected chi connectivity index (χ1v) is 9.30. The molecule has 28 heavy (non-hydrogen) atoms. The van der Waals surface area contributed by atoms with E-state index >= 15 is 0 Å².